The van der Waals surface area contributed by atoms with Gasteiger partial charge in [0.05, 0.1) is 5.92 Å². The van der Waals surface area contributed by atoms with Gasteiger partial charge in [-0.1, -0.05) is 13.8 Å². The molecule has 0 aliphatic carbocycles. The number of terminal acetylenes is 1. The Bertz CT molecular complexity index is 362. The Hall–Kier alpha value is -1.70. The highest BCUT2D eigenvalue weighted by Crippen LogP contribution is 2.23. The molecule has 5 heteroatoms. The molecule has 0 aromatic rings. The first kappa shape index (κ1) is 14.4. The molecular weight excluding hydrogens is 232 g/mol. The maximum Gasteiger partial charge on any atom is 0.317 e. The van der Waals surface area contributed by atoms with Gasteiger partial charge in [-0.3, -0.25) is 4.79 Å². The van der Waals surface area contributed by atoms with Crippen molar-refractivity contribution in [2.45, 2.75) is 32.7 Å². The van der Waals surface area contributed by atoms with Gasteiger partial charge in [0.15, 0.2) is 0 Å². The molecule has 0 aromatic carbocycles. The highest BCUT2D eigenvalue weighted by Gasteiger charge is 2.37. The van der Waals surface area contributed by atoms with Crippen LogP contribution in [0.15, 0.2) is 0 Å². The van der Waals surface area contributed by atoms with E-state index < -0.39 is 11.9 Å². The minimum absolute atomic E-state index is 0.0130. The monoisotopic (exact) mass is 252 g/mol. The van der Waals surface area contributed by atoms with Crippen molar-refractivity contribution in [1.29, 1.82) is 0 Å². The number of carboxylic acid groups (broad SMARTS) is 1. The molecule has 18 heavy (non-hydrogen) atoms. The number of hydrogen-bond donors (Lipinski definition) is 2. The fourth-order valence-electron chi connectivity index (χ4n) is 2.16. The fraction of sp³-hybridized carbons (Fsp3) is 0.692. The standard InChI is InChI=1S/C13H20N2O3/c1-4-6-10(5-2)14-13(18)15-7-9(3)11(8-15)12(16)17/h1,9-11H,5-8H2,2-3H3,(H,14,18)(H,16,17). The molecule has 3 unspecified atom stereocenters. The lowest BCUT2D eigenvalue weighted by Crippen LogP contribution is -2.44. The predicted octanol–water partition coefficient (Wildman–Crippen LogP) is 1.15. The molecular formula is C13H20N2O3. The van der Waals surface area contributed by atoms with E-state index >= 15 is 0 Å². The molecule has 1 fully saturated rings. The van der Waals surface area contributed by atoms with E-state index in [-0.39, 0.29) is 24.5 Å². The minimum atomic E-state index is -0.839. The molecule has 5 nitrogen and oxygen atoms in total. The van der Waals surface area contributed by atoms with Crippen LogP contribution in [0.25, 0.3) is 0 Å². The quantitative estimate of drug-likeness (QED) is 0.737. The molecule has 1 aliphatic heterocycles. The molecule has 1 rings (SSSR count). The molecule has 1 aliphatic rings. The van der Waals surface area contributed by atoms with E-state index in [0.29, 0.717) is 13.0 Å². The molecule has 0 radical (unpaired) electrons. The first-order valence-electron chi connectivity index (χ1n) is 6.21. The molecule has 0 saturated carbocycles. The second-order valence-electron chi connectivity index (χ2n) is 4.79. The summed E-state index contributed by atoms with van der Waals surface area (Å²) in [5.41, 5.74) is 0. The molecule has 1 saturated heterocycles. The van der Waals surface area contributed by atoms with Crippen LogP contribution in [-0.2, 0) is 4.79 Å². The molecule has 2 N–H and O–H groups in total. The average molecular weight is 252 g/mol. The first-order valence-corrected chi connectivity index (χ1v) is 6.21. The maximum atomic E-state index is 12.0. The smallest absolute Gasteiger partial charge is 0.317 e. The Kier molecular flexibility index (Phi) is 5.02. The van der Waals surface area contributed by atoms with Crippen LogP contribution in [0.5, 0.6) is 0 Å². The summed E-state index contributed by atoms with van der Waals surface area (Å²) in [6.07, 6.45) is 6.48. The number of amides is 2. The maximum absolute atomic E-state index is 12.0. The van der Waals surface area contributed by atoms with Crippen molar-refractivity contribution < 1.29 is 14.7 Å². The third kappa shape index (κ3) is 3.39. The summed E-state index contributed by atoms with van der Waals surface area (Å²) in [6, 6.07) is -0.255. The number of nitrogens with zero attached hydrogens (tertiary/aromatic N) is 1. The van der Waals surface area contributed by atoms with Crippen LogP contribution in [0.2, 0.25) is 0 Å². The molecule has 100 valence electrons. The highest BCUT2D eigenvalue weighted by molar-refractivity contribution is 5.77. The zero-order valence-electron chi connectivity index (χ0n) is 10.8. The van der Waals surface area contributed by atoms with E-state index in [0.717, 1.165) is 6.42 Å². The zero-order chi connectivity index (χ0) is 13.7. The van der Waals surface area contributed by atoms with Crippen LogP contribution in [0.1, 0.15) is 26.7 Å². The summed E-state index contributed by atoms with van der Waals surface area (Å²) in [6.45, 7) is 4.56. The number of aliphatic carboxylic acids is 1. The summed E-state index contributed by atoms with van der Waals surface area (Å²) < 4.78 is 0. The summed E-state index contributed by atoms with van der Waals surface area (Å²) in [7, 11) is 0. The van der Waals surface area contributed by atoms with Gasteiger partial charge in [-0.2, -0.15) is 0 Å². The van der Waals surface area contributed by atoms with Crippen LogP contribution in [0, 0.1) is 24.2 Å². The fourth-order valence-corrected chi connectivity index (χ4v) is 2.16. The molecule has 1 heterocycles. The second-order valence-corrected chi connectivity index (χ2v) is 4.79. The lowest BCUT2D eigenvalue weighted by molar-refractivity contribution is -0.142. The number of rotatable bonds is 4. The van der Waals surface area contributed by atoms with E-state index in [2.05, 4.69) is 11.2 Å². The summed E-state index contributed by atoms with van der Waals surface area (Å²) in [5.74, 6) is 1.20. The molecule has 0 spiro atoms. The van der Waals surface area contributed by atoms with Crippen LogP contribution in [0.3, 0.4) is 0 Å². The topological polar surface area (TPSA) is 69.6 Å². The lowest BCUT2D eigenvalue weighted by atomic mass is 9.99. The SMILES string of the molecule is C#CCC(CC)NC(=O)N1CC(C)C(C(=O)O)C1. The second kappa shape index (κ2) is 6.29. The van der Waals surface area contributed by atoms with Crippen LogP contribution < -0.4 is 5.32 Å². The average Bonchev–Trinajstić information content (AvgIpc) is 2.70. The van der Waals surface area contributed by atoms with E-state index in [1.54, 1.807) is 4.90 Å². The van der Waals surface area contributed by atoms with Crippen molar-refractivity contribution in [2.75, 3.05) is 13.1 Å². The van der Waals surface area contributed by atoms with E-state index in [4.69, 9.17) is 11.5 Å². The number of hydrogen-bond acceptors (Lipinski definition) is 2. The van der Waals surface area contributed by atoms with Crippen molar-refractivity contribution in [3.05, 3.63) is 0 Å². The zero-order valence-corrected chi connectivity index (χ0v) is 10.8. The number of likely N-dealkylation sites (tertiary alicyclic amines) is 1. The predicted molar refractivity (Wildman–Crippen MR) is 67.9 cm³/mol. The number of carbonyl (C=O) groups excluding carboxylic acids is 1. The Balaban J connectivity index is 2.54. The third-order valence-corrected chi connectivity index (χ3v) is 3.40. The van der Waals surface area contributed by atoms with E-state index in [1.807, 2.05) is 13.8 Å². The van der Waals surface area contributed by atoms with Gasteiger partial charge in [-0.25, -0.2) is 4.79 Å². The number of nitrogens with one attached hydrogen (secondary N) is 1. The molecule has 0 bridgehead atoms. The minimum Gasteiger partial charge on any atom is -0.481 e. The van der Waals surface area contributed by atoms with Gasteiger partial charge in [-0.15, -0.1) is 12.3 Å². The normalized spacial score (nSPS) is 24.4. The Morgan fingerprint density at radius 2 is 2.22 bits per heavy atom. The molecule has 2 amide bonds. The van der Waals surface area contributed by atoms with Crippen molar-refractivity contribution in [3.8, 4) is 12.3 Å². The summed E-state index contributed by atoms with van der Waals surface area (Å²) in [4.78, 5) is 24.5. The van der Waals surface area contributed by atoms with Crippen LogP contribution in [-0.4, -0.2) is 41.1 Å². The van der Waals surface area contributed by atoms with E-state index in [9.17, 15) is 9.59 Å². The van der Waals surface area contributed by atoms with Crippen molar-refractivity contribution in [2.24, 2.45) is 11.8 Å². The molecule has 0 aromatic heterocycles. The van der Waals surface area contributed by atoms with Gasteiger partial charge >= 0.3 is 12.0 Å². The number of carboxylic acids is 1. The van der Waals surface area contributed by atoms with Crippen LogP contribution in [0.4, 0.5) is 4.79 Å². The van der Waals surface area contributed by atoms with Crippen LogP contribution >= 0.6 is 0 Å². The van der Waals surface area contributed by atoms with Gasteiger partial charge in [0.25, 0.3) is 0 Å². The van der Waals surface area contributed by atoms with Crippen molar-refractivity contribution in [3.63, 3.8) is 0 Å². The van der Waals surface area contributed by atoms with Gasteiger partial charge in [0.2, 0.25) is 0 Å². The summed E-state index contributed by atoms with van der Waals surface area (Å²) >= 11 is 0. The van der Waals surface area contributed by atoms with Crippen molar-refractivity contribution >= 4 is 12.0 Å². The van der Waals surface area contributed by atoms with Gasteiger partial charge < -0.3 is 15.3 Å². The number of urea groups is 1. The first-order chi connectivity index (χ1) is 8.49. The number of carbonyl (C=O) groups is 2. The summed E-state index contributed by atoms with van der Waals surface area (Å²) in [5, 5.41) is 11.9. The van der Waals surface area contributed by atoms with E-state index in [1.165, 1.54) is 0 Å². The Morgan fingerprint density at radius 3 is 2.67 bits per heavy atom. The van der Waals surface area contributed by atoms with Gasteiger partial charge in [0.1, 0.15) is 0 Å². The van der Waals surface area contributed by atoms with Gasteiger partial charge in [-0.05, 0) is 12.3 Å². The lowest BCUT2D eigenvalue weighted by Gasteiger charge is -2.21. The molecule has 3 atom stereocenters. The highest BCUT2D eigenvalue weighted by atomic mass is 16.4. The van der Waals surface area contributed by atoms with Gasteiger partial charge in [0, 0.05) is 25.6 Å². The Morgan fingerprint density at radius 1 is 1.56 bits per heavy atom. The largest absolute Gasteiger partial charge is 0.481 e. The third-order valence-electron chi connectivity index (χ3n) is 3.40. The Labute approximate surface area is 108 Å². The van der Waals surface area contributed by atoms with Crippen molar-refractivity contribution in [1.82, 2.24) is 10.2 Å².